The first-order valence-electron chi connectivity index (χ1n) is 9.07. The van der Waals surface area contributed by atoms with Crippen LogP contribution in [0.5, 0.6) is 0 Å². The Bertz CT molecular complexity index is 550. The summed E-state index contributed by atoms with van der Waals surface area (Å²) in [5.41, 5.74) is 1.23. The summed E-state index contributed by atoms with van der Waals surface area (Å²) in [6.07, 6.45) is 2.46. The minimum atomic E-state index is 0. The predicted octanol–water partition coefficient (Wildman–Crippen LogP) is 3.65. The molecule has 0 amide bonds. The van der Waals surface area contributed by atoms with Crippen LogP contribution in [-0.4, -0.2) is 57.8 Å². The Labute approximate surface area is 183 Å². The summed E-state index contributed by atoms with van der Waals surface area (Å²) in [6.45, 7) is 7.32. The van der Waals surface area contributed by atoms with Crippen LogP contribution in [0, 0.1) is 5.92 Å². The second kappa shape index (κ2) is 12.9. The smallest absolute Gasteiger partial charge is 0.191 e. The average molecular weight is 539 g/mol. The number of nitrogens with one attached hydrogen (secondary N) is 2. The quantitative estimate of drug-likeness (QED) is 0.316. The van der Waals surface area contributed by atoms with Gasteiger partial charge in [0.2, 0.25) is 0 Å². The van der Waals surface area contributed by atoms with Crippen molar-refractivity contribution in [3.05, 3.63) is 34.3 Å². The Morgan fingerprint density at radius 2 is 2.04 bits per heavy atom. The molecule has 0 bridgehead atoms. The van der Waals surface area contributed by atoms with Crippen molar-refractivity contribution in [1.82, 2.24) is 15.5 Å². The monoisotopic (exact) mass is 538 g/mol. The first kappa shape index (κ1) is 23.7. The van der Waals surface area contributed by atoms with Gasteiger partial charge in [0.25, 0.3) is 0 Å². The highest BCUT2D eigenvalue weighted by Crippen LogP contribution is 2.22. The molecule has 1 aromatic carbocycles. The van der Waals surface area contributed by atoms with Crippen LogP contribution in [0.15, 0.2) is 33.7 Å². The average Bonchev–Trinajstić information content (AvgIpc) is 2.64. The van der Waals surface area contributed by atoms with Crippen molar-refractivity contribution >= 4 is 45.9 Å². The van der Waals surface area contributed by atoms with Crippen LogP contribution < -0.4 is 10.6 Å². The summed E-state index contributed by atoms with van der Waals surface area (Å²) >= 11 is 3.62. The van der Waals surface area contributed by atoms with Crippen molar-refractivity contribution in [2.24, 2.45) is 10.9 Å². The van der Waals surface area contributed by atoms with Crippen LogP contribution in [0.1, 0.15) is 31.4 Å². The van der Waals surface area contributed by atoms with Gasteiger partial charge in [0.15, 0.2) is 5.96 Å². The number of rotatable bonds is 7. The zero-order valence-electron chi connectivity index (χ0n) is 16.0. The van der Waals surface area contributed by atoms with Gasteiger partial charge in [-0.15, -0.1) is 24.0 Å². The maximum Gasteiger partial charge on any atom is 0.191 e. The number of piperidine rings is 1. The van der Waals surface area contributed by atoms with E-state index in [9.17, 15) is 0 Å². The number of ether oxygens (including phenoxy) is 1. The highest BCUT2D eigenvalue weighted by molar-refractivity contribution is 14.0. The van der Waals surface area contributed by atoms with Crippen molar-refractivity contribution in [2.75, 3.05) is 46.9 Å². The van der Waals surface area contributed by atoms with Crippen molar-refractivity contribution < 1.29 is 4.74 Å². The van der Waals surface area contributed by atoms with Crippen molar-refractivity contribution in [3.8, 4) is 0 Å². The molecule has 0 aromatic heterocycles. The van der Waals surface area contributed by atoms with Crippen molar-refractivity contribution in [2.45, 2.75) is 25.8 Å². The zero-order valence-corrected chi connectivity index (χ0v) is 19.9. The summed E-state index contributed by atoms with van der Waals surface area (Å²) in [5, 5.41) is 6.98. The van der Waals surface area contributed by atoms with E-state index in [4.69, 9.17) is 4.74 Å². The number of hydrogen-bond acceptors (Lipinski definition) is 3. The first-order valence-corrected chi connectivity index (χ1v) is 9.86. The lowest BCUT2D eigenvalue weighted by molar-refractivity contribution is 0.121. The Hall–Kier alpha value is -0.380. The minimum Gasteiger partial charge on any atom is -0.383 e. The first-order chi connectivity index (χ1) is 12.1. The van der Waals surface area contributed by atoms with Crippen molar-refractivity contribution in [3.63, 3.8) is 0 Å². The van der Waals surface area contributed by atoms with Gasteiger partial charge in [0.1, 0.15) is 0 Å². The fourth-order valence-corrected chi connectivity index (χ4v) is 3.81. The largest absolute Gasteiger partial charge is 0.383 e. The Kier molecular flexibility index (Phi) is 11.7. The number of guanidine groups is 1. The molecular formula is C19H32BrIN4O. The molecule has 1 atom stereocenters. The summed E-state index contributed by atoms with van der Waals surface area (Å²) in [5.74, 6) is 1.57. The molecule has 2 N–H and O–H groups in total. The van der Waals surface area contributed by atoms with Gasteiger partial charge in [-0.25, -0.2) is 0 Å². The molecule has 0 spiro atoms. The topological polar surface area (TPSA) is 48.9 Å². The number of benzene rings is 1. The van der Waals surface area contributed by atoms with Gasteiger partial charge in [-0.1, -0.05) is 34.1 Å². The number of likely N-dealkylation sites (tertiary alicyclic amines) is 1. The molecule has 1 fully saturated rings. The van der Waals surface area contributed by atoms with E-state index in [1.165, 1.54) is 18.4 Å². The Balaban J connectivity index is 0.00000338. The van der Waals surface area contributed by atoms with Crippen LogP contribution in [0.3, 0.4) is 0 Å². The predicted molar refractivity (Wildman–Crippen MR) is 124 cm³/mol. The SMILES string of the molecule is CN=C(NCC1CCN(CCOC)CC1)NC(C)c1ccccc1Br.I. The van der Waals surface area contributed by atoms with Gasteiger partial charge in [-0.3, -0.25) is 4.99 Å². The van der Waals surface area contributed by atoms with Gasteiger partial charge in [-0.2, -0.15) is 0 Å². The molecule has 5 nitrogen and oxygen atoms in total. The molecule has 26 heavy (non-hydrogen) atoms. The lowest BCUT2D eigenvalue weighted by atomic mass is 9.97. The van der Waals surface area contributed by atoms with Gasteiger partial charge in [0, 0.05) is 31.7 Å². The standard InChI is InChI=1S/C19H31BrN4O.HI/c1-15(17-6-4-5-7-18(17)20)23-19(21-2)22-14-16-8-10-24(11-9-16)12-13-25-3;/h4-7,15-16H,8-14H2,1-3H3,(H2,21,22,23);1H. The van der Waals surface area contributed by atoms with E-state index in [1.807, 2.05) is 13.1 Å². The number of nitrogens with zero attached hydrogens (tertiary/aromatic N) is 2. The van der Waals surface area contributed by atoms with Crippen LogP contribution in [0.2, 0.25) is 0 Å². The molecule has 2 rings (SSSR count). The fourth-order valence-electron chi connectivity index (χ4n) is 3.18. The highest BCUT2D eigenvalue weighted by atomic mass is 127. The fraction of sp³-hybridized carbons (Fsp3) is 0.632. The van der Waals surface area contributed by atoms with Gasteiger partial charge in [0.05, 0.1) is 12.6 Å². The summed E-state index contributed by atoms with van der Waals surface area (Å²) in [7, 11) is 3.60. The van der Waals surface area contributed by atoms with Crippen LogP contribution >= 0.6 is 39.9 Å². The normalized spacial score (nSPS) is 17.5. The lowest BCUT2D eigenvalue weighted by Gasteiger charge is -2.32. The molecule has 1 unspecified atom stereocenters. The third kappa shape index (κ3) is 7.70. The van der Waals surface area contributed by atoms with Crippen LogP contribution in [-0.2, 0) is 4.74 Å². The van der Waals surface area contributed by atoms with E-state index in [1.54, 1.807) is 7.11 Å². The second-order valence-electron chi connectivity index (χ2n) is 6.62. The van der Waals surface area contributed by atoms with Crippen molar-refractivity contribution in [1.29, 1.82) is 0 Å². The molecule has 1 aliphatic heterocycles. The zero-order chi connectivity index (χ0) is 18.1. The maximum absolute atomic E-state index is 5.17. The third-order valence-corrected chi connectivity index (χ3v) is 5.55. The third-order valence-electron chi connectivity index (χ3n) is 4.83. The molecule has 148 valence electrons. The minimum absolute atomic E-state index is 0. The van der Waals surface area contributed by atoms with Gasteiger partial charge >= 0.3 is 0 Å². The summed E-state index contributed by atoms with van der Waals surface area (Å²) in [6, 6.07) is 8.49. The molecule has 1 aromatic rings. The molecule has 1 heterocycles. The summed E-state index contributed by atoms with van der Waals surface area (Å²) < 4.78 is 6.28. The second-order valence-corrected chi connectivity index (χ2v) is 7.47. The summed E-state index contributed by atoms with van der Waals surface area (Å²) in [4.78, 5) is 6.86. The van der Waals surface area contributed by atoms with Crippen LogP contribution in [0.4, 0.5) is 0 Å². The highest BCUT2D eigenvalue weighted by Gasteiger charge is 2.19. The van der Waals surface area contributed by atoms with E-state index in [0.717, 1.165) is 43.2 Å². The molecule has 0 radical (unpaired) electrons. The molecule has 1 aliphatic rings. The molecule has 0 aliphatic carbocycles. The Morgan fingerprint density at radius 3 is 2.65 bits per heavy atom. The van der Waals surface area contributed by atoms with Crippen LogP contribution in [0.25, 0.3) is 0 Å². The van der Waals surface area contributed by atoms with Gasteiger partial charge < -0.3 is 20.3 Å². The molecule has 1 saturated heterocycles. The van der Waals surface area contributed by atoms with E-state index < -0.39 is 0 Å². The van der Waals surface area contributed by atoms with E-state index in [-0.39, 0.29) is 30.0 Å². The lowest BCUT2D eigenvalue weighted by Crippen LogP contribution is -2.44. The van der Waals surface area contributed by atoms with Gasteiger partial charge in [-0.05, 0) is 50.4 Å². The maximum atomic E-state index is 5.17. The van der Waals surface area contributed by atoms with E-state index >= 15 is 0 Å². The molecule has 0 saturated carbocycles. The van der Waals surface area contributed by atoms with E-state index in [2.05, 4.69) is 61.6 Å². The number of methoxy groups -OCH3 is 1. The Morgan fingerprint density at radius 1 is 1.35 bits per heavy atom. The number of halogens is 2. The van der Waals surface area contributed by atoms with E-state index in [0.29, 0.717) is 5.92 Å². The molecular weight excluding hydrogens is 507 g/mol. The number of aliphatic imine (C=N–C) groups is 1. The molecule has 7 heteroatoms. The number of hydrogen-bond donors (Lipinski definition) is 2.